The normalized spacial score (nSPS) is 20.7. The SMILES string of the molecule is CCCCc1nc(Cl)c(CN2CCC(CN)C2)[nH]1. The molecule has 0 aliphatic carbocycles. The average molecular weight is 271 g/mol. The Hall–Kier alpha value is -0.580. The molecule has 3 N–H and O–H groups in total. The second-order valence-electron chi connectivity index (χ2n) is 5.18. The first-order valence-corrected chi connectivity index (χ1v) is 7.26. The number of likely N-dealkylation sites (tertiary alicyclic amines) is 1. The van der Waals surface area contributed by atoms with Crippen LogP contribution >= 0.6 is 11.6 Å². The third kappa shape index (κ3) is 3.46. The molecule has 1 aliphatic heterocycles. The van der Waals surface area contributed by atoms with Crippen LogP contribution in [0.4, 0.5) is 0 Å². The molecule has 4 nitrogen and oxygen atoms in total. The lowest BCUT2D eigenvalue weighted by atomic mass is 10.1. The van der Waals surface area contributed by atoms with Crippen LogP contribution in [0.1, 0.15) is 37.7 Å². The summed E-state index contributed by atoms with van der Waals surface area (Å²) in [5.41, 5.74) is 6.76. The van der Waals surface area contributed by atoms with Crippen LogP contribution in [-0.4, -0.2) is 34.5 Å². The lowest BCUT2D eigenvalue weighted by molar-refractivity contribution is 0.314. The molecule has 1 saturated heterocycles. The minimum atomic E-state index is 0.636. The van der Waals surface area contributed by atoms with Crippen LogP contribution in [0.15, 0.2) is 0 Å². The van der Waals surface area contributed by atoms with Gasteiger partial charge in [0, 0.05) is 19.5 Å². The number of H-pyrrole nitrogens is 1. The fourth-order valence-corrected chi connectivity index (χ4v) is 2.69. The van der Waals surface area contributed by atoms with Crippen LogP contribution in [0.3, 0.4) is 0 Å². The van der Waals surface area contributed by atoms with Gasteiger partial charge in [-0.2, -0.15) is 0 Å². The molecule has 0 aromatic carbocycles. The number of nitrogens with one attached hydrogen (secondary N) is 1. The van der Waals surface area contributed by atoms with E-state index in [0.717, 1.165) is 50.5 Å². The van der Waals surface area contributed by atoms with Gasteiger partial charge >= 0.3 is 0 Å². The monoisotopic (exact) mass is 270 g/mol. The Kier molecular flexibility index (Phi) is 5.03. The van der Waals surface area contributed by atoms with Crippen molar-refractivity contribution in [1.29, 1.82) is 0 Å². The fraction of sp³-hybridized carbons (Fsp3) is 0.769. The standard InChI is InChI=1S/C13H23ClN4/c1-2-3-4-12-16-11(13(14)17-12)9-18-6-5-10(7-15)8-18/h10H,2-9,15H2,1H3,(H,16,17). The number of unbranched alkanes of at least 4 members (excludes halogenated alkanes) is 1. The number of hydrogen-bond donors (Lipinski definition) is 2. The zero-order chi connectivity index (χ0) is 13.0. The molecule has 1 atom stereocenters. The van der Waals surface area contributed by atoms with E-state index in [-0.39, 0.29) is 0 Å². The van der Waals surface area contributed by atoms with E-state index in [1.165, 1.54) is 12.8 Å². The van der Waals surface area contributed by atoms with Gasteiger partial charge in [0.1, 0.15) is 5.82 Å². The van der Waals surface area contributed by atoms with Crippen LogP contribution in [0.5, 0.6) is 0 Å². The summed E-state index contributed by atoms with van der Waals surface area (Å²) in [6.07, 6.45) is 4.52. The molecule has 1 aromatic heterocycles. The number of hydrogen-bond acceptors (Lipinski definition) is 3. The van der Waals surface area contributed by atoms with Crippen molar-refractivity contribution in [2.24, 2.45) is 11.7 Å². The van der Waals surface area contributed by atoms with Crippen molar-refractivity contribution in [3.05, 3.63) is 16.7 Å². The van der Waals surface area contributed by atoms with Gasteiger partial charge in [0.05, 0.1) is 5.69 Å². The van der Waals surface area contributed by atoms with E-state index in [1.54, 1.807) is 0 Å². The third-order valence-electron chi connectivity index (χ3n) is 3.63. The molecule has 18 heavy (non-hydrogen) atoms. The predicted octanol–water partition coefficient (Wildman–Crippen LogP) is 2.19. The number of halogens is 1. The Morgan fingerprint density at radius 2 is 2.39 bits per heavy atom. The summed E-state index contributed by atoms with van der Waals surface area (Å²) >= 11 is 6.18. The van der Waals surface area contributed by atoms with Gasteiger partial charge in [-0.25, -0.2) is 4.98 Å². The summed E-state index contributed by atoms with van der Waals surface area (Å²) in [5.74, 6) is 1.66. The Bertz CT molecular complexity index is 377. The Balaban J connectivity index is 1.91. The van der Waals surface area contributed by atoms with Crippen molar-refractivity contribution in [1.82, 2.24) is 14.9 Å². The van der Waals surface area contributed by atoms with Crippen LogP contribution in [0.25, 0.3) is 0 Å². The van der Waals surface area contributed by atoms with Crippen LogP contribution in [0.2, 0.25) is 5.15 Å². The molecule has 1 fully saturated rings. The molecule has 2 rings (SSSR count). The van der Waals surface area contributed by atoms with Crippen molar-refractivity contribution in [3.8, 4) is 0 Å². The second kappa shape index (κ2) is 6.55. The molecule has 0 amide bonds. The van der Waals surface area contributed by atoms with E-state index in [1.807, 2.05) is 0 Å². The smallest absolute Gasteiger partial charge is 0.151 e. The molecule has 0 bridgehead atoms. The number of aromatic nitrogens is 2. The maximum atomic E-state index is 6.18. The number of nitrogens with zero attached hydrogens (tertiary/aromatic N) is 2. The molecule has 0 radical (unpaired) electrons. The molecule has 2 heterocycles. The lowest BCUT2D eigenvalue weighted by Gasteiger charge is -2.14. The fourth-order valence-electron chi connectivity index (χ4n) is 2.48. The Morgan fingerprint density at radius 3 is 3.06 bits per heavy atom. The molecule has 1 unspecified atom stereocenters. The van der Waals surface area contributed by atoms with E-state index in [2.05, 4.69) is 21.8 Å². The summed E-state index contributed by atoms with van der Waals surface area (Å²) in [6, 6.07) is 0. The van der Waals surface area contributed by atoms with Gasteiger partial charge < -0.3 is 10.7 Å². The highest BCUT2D eigenvalue weighted by molar-refractivity contribution is 6.30. The number of imidazole rings is 1. The first kappa shape index (κ1) is 13.8. The summed E-state index contributed by atoms with van der Waals surface area (Å²) in [6.45, 7) is 6.03. The van der Waals surface area contributed by atoms with Gasteiger partial charge in [-0.05, 0) is 31.8 Å². The van der Waals surface area contributed by atoms with Crippen LogP contribution in [0, 0.1) is 5.92 Å². The number of rotatable bonds is 6. The highest BCUT2D eigenvalue weighted by atomic mass is 35.5. The first-order valence-electron chi connectivity index (χ1n) is 6.88. The van der Waals surface area contributed by atoms with Crippen molar-refractivity contribution >= 4 is 11.6 Å². The topological polar surface area (TPSA) is 57.9 Å². The van der Waals surface area contributed by atoms with Crippen LogP contribution < -0.4 is 5.73 Å². The highest BCUT2D eigenvalue weighted by Gasteiger charge is 2.22. The van der Waals surface area contributed by atoms with Gasteiger partial charge in [-0.1, -0.05) is 24.9 Å². The summed E-state index contributed by atoms with van der Waals surface area (Å²) in [7, 11) is 0. The maximum absolute atomic E-state index is 6.18. The predicted molar refractivity (Wildman–Crippen MR) is 74.6 cm³/mol. The Labute approximate surface area is 114 Å². The first-order chi connectivity index (χ1) is 8.72. The number of aromatic amines is 1. The van der Waals surface area contributed by atoms with Crippen molar-refractivity contribution in [2.75, 3.05) is 19.6 Å². The van der Waals surface area contributed by atoms with Gasteiger partial charge in [0.25, 0.3) is 0 Å². The molecular weight excluding hydrogens is 248 g/mol. The number of aryl methyl sites for hydroxylation is 1. The molecular formula is C13H23ClN4. The molecule has 102 valence electrons. The zero-order valence-corrected chi connectivity index (χ0v) is 11.8. The average Bonchev–Trinajstić information content (AvgIpc) is 2.95. The molecule has 1 aromatic rings. The second-order valence-corrected chi connectivity index (χ2v) is 5.54. The largest absolute Gasteiger partial charge is 0.344 e. The zero-order valence-electron chi connectivity index (χ0n) is 11.1. The van der Waals surface area contributed by atoms with E-state index >= 15 is 0 Å². The summed E-state index contributed by atoms with van der Waals surface area (Å²) < 4.78 is 0. The summed E-state index contributed by atoms with van der Waals surface area (Å²) in [5, 5.41) is 0.636. The van der Waals surface area contributed by atoms with Crippen molar-refractivity contribution < 1.29 is 0 Å². The van der Waals surface area contributed by atoms with Crippen LogP contribution in [-0.2, 0) is 13.0 Å². The van der Waals surface area contributed by atoms with E-state index in [0.29, 0.717) is 11.1 Å². The minimum absolute atomic E-state index is 0.636. The number of nitrogens with two attached hydrogens (primary N) is 1. The van der Waals surface area contributed by atoms with E-state index < -0.39 is 0 Å². The maximum Gasteiger partial charge on any atom is 0.151 e. The van der Waals surface area contributed by atoms with Gasteiger partial charge in [0.2, 0.25) is 0 Å². The van der Waals surface area contributed by atoms with Gasteiger partial charge in [-0.15, -0.1) is 0 Å². The minimum Gasteiger partial charge on any atom is -0.344 e. The van der Waals surface area contributed by atoms with Gasteiger partial charge in [0.15, 0.2) is 5.15 Å². The summed E-state index contributed by atoms with van der Waals surface area (Å²) in [4.78, 5) is 10.2. The quantitative estimate of drug-likeness (QED) is 0.833. The Morgan fingerprint density at radius 1 is 1.56 bits per heavy atom. The van der Waals surface area contributed by atoms with Crippen molar-refractivity contribution in [2.45, 2.75) is 39.2 Å². The van der Waals surface area contributed by atoms with Crippen molar-refractivity contribution in [3.63, 3.8) is 0 Å². The highest BCUT2D eigenvalue weighted by Crippen LogP contribution is 2.21. The van der Waals surface area contributed by atoms with E-state index in [9.17, 15) is 0 Å². The lowest BCUT2D eigenvalue weighted by Crippen LogP contribution is -2.23. The molecule has 5 heteroatoms. The molecule has 0 spiro atoms. The van der Waals surface area contributed by atoms with E-state index in [4.69, 9.17) is 17.3 Å². The van der Waals surface area contributed by atoms with Gasteiger partial charge in [-0.3, -0.25) is 4.90 Å². The molecule has 1 aliphatic rings. The molecule has 0 saturated carbocycles. The third-order valence-corrected chi connectivity index (χ3v) is 3.94.